The van der Waals surface area contributed by atoms with Crippen LogP contribution in [0.3, 0.4) is 0 Å². The van der Waals surface area contributed by atoms with Gasteiger partial charge in [-0.1, -0.05) is 30.7 Å². The molecule has 106 valence electrons. The summed E-state index contributed by atoms with van der Waals surface area (Å²) < 4.78 is 0. The van der Waals surface area contributed by atoms with E-state index >= 15 is 0 Å². The summed E-state index contributed by atoms with van der Waals surface area (Å²) in [6, 6.07) is 10.4. The van der Waals surface area contributed by atoms with E-state index in [9.17, 15) is 0 Å². The van der Waals surface area contributed by atoms with Gasteiger partial charge in [0.25, 0.3) is 0 Å². The minimum Gasteiger partial charge on any atom is -0.313 e. The maximum Gasteiger partial charge on any atom is 0.0676 e. The van der Waals surface area contributed by atoms with Crippen molar-refractivity contribution in [2.75, 3.05) is 7.05 Å². The minimum absolute atomic E-state index is 0.236. The first-order chi connectivity index (χ1) is 9.63. The number of likely N-dealkylation sites (N-methyl/N-ethyl adjacent to an activating group) is 1. The van der Waals surface area contributed by atoms with Gasteiger partial charge in [-0.05, 0) is 56.1 Å². The molecule has 0 radical (unpaired) electrons. The summed E-state index contributed by atoms with van der Waals surface area (Å²) >= 11 is 5.93. The van der Waals surface area contributed by atoms with Crippen LogP contribution in [0, 0.1) is 6.92 Å². The maximum absolute atomic E-state index is 5.93. The molecule has 2 rings (SSSR count). The first-order valence-electron chi connectivity index (χ1n) is 6.88. The molecule has 0 aliphatic heterocycles. The van der Waals surface area contributed by atoms with Crippen LogP contribution in [0.1, 0.15) is 35.5 Å². The molecule has 0 saturated heterocycles. The molecule has 1 atom stereocenters. The van der Waals surface area contributed by atoms with Crippen LogP contribution in [0.4, 0.5) is 0 Å². The van der Waals surface area contributed by atoms with Crippen LogP contribution in [-0.4, -0.2) is 17.2 Å². The first-order valence-corrected chi connectivity index (χ1v) is 7.26. The van der Waals surface area contributed by atoms with E-state index in [0.717, 1.165) is 29.3 Å². The molecule has 1 aromatic carbocycles. The number of rotatable bonds is 5. The Kier molecular flexibility index (Phi) is 5.10. The SMILES string of the molecule is CCc1nnc(C)cc1C(Cc1ccc(Cl)cc1)NC. The molecule has 1 N–H and O–H groups in total. The van der Waals surface area contributed by atoms with E-state index < -0.39 is 0 Å². The van der Waals surface area contributed by atoms with Crippen LogP contribution in [0.2, 0.25) is 5.02 Å². The zero-order chi connectivity index (χ0) is 14.5. The highest BCUT2D eigenvalue weighted by Gasteiger charge is 2.15. The molecule has 1 aromatic heterocycles. The molecule has 0 aliphatic rings. The second-order valence-electron chi connectivity index (χ2n) is 4.91. The summed E-state index contributed by atoms with van der Waals surface area (Å²) in [5.74, 6) is 0. The highest BCUT2D eigenvalue weighted by atomic mass is 35.5. The molecule has 0 amide bonds. The number of hydrogen-bond donors (Lipinski definition) is 1. The lowest BCUT2D eigenvalue weighted by Crippen LogP contribution is -2.21. The molecule has 1 heterocycles. The zero-order valence-electron chi connectivity index (χ0n) is 12.2. The Balaban J connectivity index is 2.28. The Hall–Kier alpha value is -1.45. The quantitative estimate of drug-likeness (QED) is 0.915. The number of benzene rings is 1. The van der Waals surface area contributed by atoms with Crippen LogP contribution in [0.15, 0.2) is 30.3 Å². The van der Waals surface area contributed by atoms with E-state index in [-0.39, 0.29) is 6.04 Å². The third-order valence-electron chi connectivity index (χ3n) is 3.44. The average Bonchev–Trinajstić information content (AvgIpc) is 2.46. The third kappa shape index (κ3) is 3.56. The van der Waals surface area contributed by atoms with Gasteiger partial charge in [0.2, 0.25) is 0 Å². The third-order valence-corrected chi connectivity index (χ3v) is 3.69. The van der Waals surface area contributed by atoms with Crippen LogP contribution in [-0.2, 0) is 12.8 Å². The van der Waals surface area contributed by atoms with E-state index in [1.165, 1.54) is 11.1 Å². The van der Waals surface area contributed by atoms with Gasteiger partial charge < -0.3 is 5.32 Å². The Morgan fingerprint density at radius 3 is 2.50 bits per heavy atom. The second kappa shape index (κ2) is 6.82. The Bertz CT molecular complexity index is 566. The zero-order valence-corrected chi connectivity index (χ0v) is 12.9. The van der Waals surface area contributed by atoms with Gasteiger partial charge in [-0.15, -0.1) is 0 Å². The summed E-state index contributed by atoms with van der Waals surface area (Å²) in [5.41, 5.74) is 4.50. The van der Waals surface area contributed by atoms with Crippen molar-refractivity contribution >= 4 is 11.6 Å². The van der Waals surface area contributed by atoms with Gasteiger partial charge in [0.15, 0.2) is 0 Å². The largest absolute Gasteiger partial charge is 0.313 e. The smallest absolute Gasteiger partial charge is 0.0676 e. The predicted octanol–water partition coefficient (Wildman–Crippen LogP) is 3.50. The van der Waals surface area contributed by atoms with Crippen molar-refractivity contribution in [2.45, 2.75) is 32.7 Å². The molecule has 2 aromatic rings. The van der Waals surface area contributed by atoms with E-state index in [0.29, 0.717) is 0 Å². The number of hydrogen-bond acceptors (Lipinski definition) is 3. The average molecular weight is 290 g/mol. The molecule has 0 aliphatic carbocycles. The van der Waals surface area contributed by atoms with Gasteiger partial charge in [0.05, 0.1) is 11.4 Å². The fraction of sp³-hybridized carbons (Fsp3) is 0.375. The molecule has 3 nitrogen and oxygen atoms in total. The molecule has 1 unspecified atom stereocenters. The van der Waals surface area contributed by atoms with Crippen LogP contribution in [0.25, 0.3) is 0 Å². The van der Waals surface area contributed by atoms with Crippen molar-refractivity contribution < 1.29 is 0 Å². The van der Waals surface area contributed by atoms with Crippen LogP contribution < -0.4 is 5.32 Å². The van der Waals surface area contributed by atoms with E-state index in [4.69, 9.17) is 11.6 Å². The normalized spacial score (nSPS) is 12.4. The predicted molar refractivity (Wildman–Crippen MR) is 83.1 cm³/mol. The van der Waals surface area contributed by atoms with Crippen molar-refractivity contribution in [1.82, 2.24) is 15.5 Å². The van der Waals surface area contributed by atoms with E-state index in [1.54, 1.807) is 0 Å². The summed E-state index contributed by atoms with van der Waals surface area (Å²) in [6.45, 7) is 4.09. The van der Waals surface area contributed by atoms with Crippen LogP contribution in [0.5, 0.6) is 0 Å². The van der Waals surface area contributed by atoms with E-state index in [1.807, 2.05) is 26.1 Å². The van der Waals surface area contributed by atoms with Crippen LogP contribution >= 0.6 is 11.6 Å². The lowest BCUT2D eigenvalue weighted by molar-refractivity contribution is 0.578. The molecular formula is C16H20ClN3. The molecule has 20 heavy (non-hydrogen) atoms. The number of nitrogens with zero attached hydrogens (tertiary/aromatic N) is 2. The van der Waals surface area contributed by atoms with Crippen molar-refractivity contribution in [3.63, 3.8) is 0 Å². The molecule has 0 saturated carbocycles. The summed E-state index contributed by atoms with van der Waals surface area (Å²) in [5, 5.41) is 12.6. The van der Waals surface area contributed by atoms with Gasteiger partial charge in [-0.3, -0.25) is 0 Å². The highest BCUT2D eigenvalue weighted by molar-refractivity contribution is 6.30. The van der Waals surface area contributed by atoms with Crippen molar-refractivity contribution in [3.8, 4) is 0 Å². The molecule has 0 spiro atoms. The summed E-state index contributed by atoms with van der Waals surface area (Å²) in [6.07, 6.45) is 1.80. The van der Waals surface area contributed by atoms with Gasteiger partial charge in [-0.2, -0.15) is 10.2 Å². The Morgan fingerprint density at radius 2 is 1.90 bits per heavy atom. The molecule has 0 fully saturated rings. The minimum atomic E-state index is 0.236. The lowest BCUT2D eigenvalue weighted by Gasteiger charge is -2.19. The highest BCUT2D eigenvalue weighted by Crippen LogP contribution is 2.22. The first kappa shape index (κ1) is 14.9. The van der Waals surface area contributed by atoms with E-state index in [2.05, 4.69) is 40.6 Å². The molecular weight excluding hydrogens is 270 g/mol. The van der Waals surface area contributed by atoms with Crippen molar-refractivity contribution in [2.24, 2.45) is 0 Å². The number of aryl methyl sites for hydroxylation is 2. The monoisotopic (exact) mass is 289 g/mol. The van der Waals surface area contributed by atoms with Gasteiger partial charge >= 0.3 is 0 Å². The second-order valence-corrected chi connectivity index (χ2v) is 5.35. The number of halogens is 1. The van der Waals surface area contributed by atoms with Gasteiger partial charge in [0.1, 0.15) is 0 Å². The summed E-state index contributed by atoms with van der Waals surface area (Å²) in [7, 11) is 1.98. The van der Waals surface area contributed by atoms with Crippen molar-refractivity contribution in [1.29, 1.82) is 0 Å². The van der Waals surface area contributed by atoms with Gasteiger partial charge in [0, 0.05) is 11.1 Å². The standard InChI is InChI=1S/C16H20ClN3/c1-4-15-14(9-11(2)19-20-15)16(18-3)10-12-5-7-13(17)8-6-12/h5-9,16,18H,4,10H2,1-3H3. The fourth-order valence-electron chi connectivity index (χ4n) is 2.33. The topological polar surface area (TPSA) is 37.8 Å². The number of nitrogens with one attached hydrogen (secondary N) is 1. The molecule has 4 heteroatoms. The summed E-state index contributed by atoms with van der Waals surface area (Å²) in [4.78, 5) is 0. The van der Waals surface area contributed by atoms with Gasteiger partial charge in [-0.25, -0.2) is 0 Å². The van der Waals surface area contributed by atoms with Crippen molar-refractivity contribution in [3.05, 3.63) is 57.9 Å². The Labute approximate surface area is 125 Å². The fourth-order valence-corrected chi connectivity index (χ4v) is 2.46. The lowest BCUT2D eigenvalue weighted by atomic mass is 9.97. The Morgan fingerprint density at radius 1 is 1.20 bits per heavy atom. The number of aromatic nitrogens is 2. The maximum atomic E-state index is 5.93. The molecule has 0 bridgehead atoms.